The summed E-state index contributed by atoms with van der Waals surface area (Å²) in [4.78, 5) is 28.7. The second-order valence-corrected chi connectivity index (χ2v) is 11.3. The normalized spacial score (nSPS) is 14.4. The van der Waals surface area contributed by atoms with Crippen molar-refractivity contribution >= 4 is 33.6 Å². The van der Waals surface area contributed by atoms with Crippen LogP contribution in [0, 0.1) is 5.82 Å². The molecule has 0 spiro atoms. The molecule has 1 amide bonds. The van der Waals surface area contributed by atoms with Crippen LogP contribution < -0.4 is 4.74 Å². The van der Waals surface area contributed by atoms with E-state index in [1.54, 1.807) is 26.2 Å². The quantitative estimate of drug-likeness (QED) is 0.164. The zero-order valence-electron chi connectivity index (χ0n) is 25.2. The fourth-order valence-corrected chi connectivity index (χ4v) is 6.72. The topological polar surface area (TPSA) is 60.8 Å². The lowest BCUT2D eigenvalue weighted by molar-refractivity contribution is -0.143. The summed E-state index contributed by atoms with van der Waals surface area (Å²) in [6, 6.07) is 26.9. The van der Waals surface area contributed by atoms with E-state index in [0.717, 1.165) is 56.2 Å². The number of nitrogens with zero attached hydrogens (tertiary/aromatic N) is 2. The van der Waals surface area contributed by atoms with Gasteiger partial charge in [-0.15, -0.1) is 0 Å². The predicted octanol–water partition coefficient (Wildman–Crippen LogP) is 7.02. The number of para-hydroxylation sites is 1. The van der Waals surface area contributed by atoms with Gasteiger partial charge in [0.15, 0.2) is 0 Å². The Kier molecular flexibility index (Phi) is 8.64. The number of halogens is 1. The molecule has 0 saturated heterocycles. The third-order valence-corrected chi connectivity index (χ3v) is 8.78. The molecule has 44 heavy (non-hydrogen) atoms. The number of methoxy groups -OCH3 is 1. The van der Waals surface area contributed by atoms with Crippen molar-refractivity contribution in [2.24, 2.45) is 0 Å². The molecule has 5 aromatic rings. The molecule has 1 aliphatic rings. The van der Waals surface area contributed by atoms with E-state index in [0.29, 0.717) is 38.8 Å². The third kappa shape index (κ3) is 5.91. The average molecular weight is 593 g/mol. The fourth-order valence-electron chi connectivity index (χ4n) is 6.72. The van der Waals surface area contributed by atoms with E-state index in [4.69, 9.17) is 9.47 Å². The van der Waals surface area contributed by atoms with E-state index in [-0.39, 0.29) is 30.3 Å². The van der Waals surface area contributed by atoms with Crippen LogP contribution in [0.4, 0.5) is 4.39 Å². The molecule has 1 heterocycles. The van der Waals surface area contributed by atoms with Crippen LogP contribution in [-0.4, -0.2) is 41.1 Å². The highest BCUT2D eigenvalue weighted by Gasteiger charge is 2.32. The molecule has 0 N–H and O–H groups in total. The highest BCUT2D eigenvalue weighted by atomic mass is 19.1. The first kappa shape index (κ1) is 29.4. The van der Waals surface area contributed by atoms with Gasteiger partial charge in [-0.3, -0.25) is 9.59 Å². The maximum Gasteiger partial charge on any atom is 0.325 e. The Morgan fingerprint density at radius 1 is 0.955 bits per heavy atom. The van der Waals surface area contributed by atoms with Gasteiger partial charge in [-0.1, -0.05) is 60.7 Å². The Bertz CT molecular complexity index is 1820. The molecule has 0 unspecified atom stereocenters. The third-order valence-electron chi connectivity index (χ3n) is 8.78. The SMILES string of the molecule is CCOC(=O)Cn1c2c(c3cc(F)ccc31)C[C@@H](N(Cc1cccc3ccccc13)C(=O)CCc1ccccc1OC)CC2. The predicted molar refractivity (Wildman–Crippen MR) is 170 cm³/mol. The van der Waals surface area contributed by atoms with Crippen molar-refractivity contribution < 1.29 is 23.5 Å². The van der Waals surface area contributed by atoms with Gasteiger partial charge in [0.25, 0.3) is 0 Å². The minimum absolute atomic E-state index is 0.0683. The molecule has 0 fully saturated rings. The minimum Gasteiger partial charge on any atom is -0.496 e. The zero-order valence-corrected chi connectivity index (χ0v) is 25.2. The van der Waals surface area contributed by atoms with Gasteiger partial charge < -0.3 is 18.9 Å². The summed E-state index contributed by atoms with van der Waals surface area (Å²) in [6.45, 7) is 2.64. The van der Waals surface area contributed by atoms with Gasteiger partial charge in [-0.25, -0.2) is 4.39 Å². The number of amides is 1. The monoisotopic (exact) mass is 592 g/mol. The number of benzene rings is 4. The number of fused-ring (bicyclic) bond motifs is 4. The molecule has 1 aromatic heterocycles. The van der Waals surface area contributed by atoms with Crippen LogP contribution >= 0.6 is 0 Å². The van der Waals surface area contributed by atoms with E-state index in [1.807, 2.05) is 51.9 Å². The highest BCUT2D eigenvalue weighted by Crippen LogP contribution is 2.35. The Balaban J connectivity index is 1.35. The molecule has 0 bridgehead atoms. The second kappa shape index (κ2) is 12.9. The first-order chi connectivity index (χ1) is 21.5. The Morgan fingerprint density at radius 2 is 1.73 bits per heavy atom. The summed E-state index contributed by atoms with van der Waals surface area (Å²) in [5, 5.41) is 3.05. The van der Waals surface area contributed by atoms with Crippen molar-refractivity contribution in [1.29, 1.82) is 0 Å². The van der Waals surface area contributed by atoms with Gasteiger partial charge >= 0.3 is 5.97 Å². The lowest BCUT2D eigenvalue weighted by atomic mass is 9.89. The molecule has 0 aliphatic heterocycles. The van der Waals surface area contributed by atoms with Crippen LogP contribution in [0.2, 0.25) is 0 Å². The molecule has 6 rings (SSSR count). The summed E-state index contributed by atoms with van der Waals surface area (Å²) < 4.78 is 27.3. The number of aryl methyl sites for hydroxylation is 1. The molecule has 7 heteroatoms. The Hall–Kier alpha value is -4.65. The minimum atomic E-state index is -0.323. The van der Waals surface area contributed by atoms with Crippen LogP contribution in [-0.2, 0) is 46.7 Å². The van der Waals surface area contributed by atoms with Crippen molar-refractivity contribution in [1.82, 2.24) is 9.47 Å². The van der Waals surface area contributed by atoms with Gasteiger partial charge in [-0.05, 0) is 84.3 Å². The number of aromatic nitrogens is 1. The van der Waals surface area contributed by atoms with E-state index in [1.165, 1.54) is 6.07 Å². The van der Waals surface area contributed by atoms with Crippen molar-refractivity contribution in [2.45, 2.75) is 58.2 Å². The van der Waals surface area contributed by atoms with E-state index in [2.05, 4.69) is 24.3 Å². The van der Waals surface area contributed by atoms with Crippen LogP contribution in [0.15, 0.2) is 84.9 Å². The molecular formula is C37H37FN2O4. The van der Waals surface area contributed by atoms with Gasteiger partial charge in [0.1, 0.15) is 18.1 Å². The second-order valence-electron chi connectivity index (χ2n) is 11.3. The lowest BCUT2D eigenvalue weighted by Crippen LogP contribution is -2.43. The number of carbonyl (C=O) groups excluding carboxylic acids is 2. The average Bonchev–Trinajstić information content (AvgIpc) is 3.34. The van der Waals surface area contributed by atoms with Gasteiger partial charge in [0.2, 0.25) is 5.91 Å². The van der Waals surface area contributed by atoms with Crippen molar-refractivity contribution in [3.63, 3.8) is 0 Å². The maximum atomic E-state index is 14.6. The van der Waals surface area contributed by atoms with Crippen LogP contribution in [0.3, 0.4) is 0 Å². The Labute approximate surface area is 257 Å². The summed E-state index contributed by atoms with van der Waals surface area (Å²) in [5.74, 6) is 0.206. The van der Waals surface area contributed by atoms with Crippen LogP contribution in [0.5, 0.6) is 5.75 Å². The smallest absolute Gasteiger partial charge is 0.325 e. The van der Waals surface area contributed by atoms with Crippen molar-refractivity contribution in [3.8, 4) is 5.75 Å². The molecule has 4 aromatic carbocycles. The van der Waals surface area contributed by atoms with Crippen molar-refractivity contribution in [2.75, 3.05) is 13.7 Å². The molecule has 6 nitrogen and oxygen atoms in total. The molecule has 0 radical (unpaired) electrons. The van der Waals surface area contributed by atoms with Gasteiger partial charge in [-0.2, -0.15) is 0 Å². The Morgan fingerprint density at radius 3 is 2.57 bits per heavy atom. The number of ether oxygens (including phenoxy) is 2. The van der Waals surface area contributed by atoms with Crippen LogP contribution in [0.1, 0.15) is 42.1 Å². The first-order valence-corrected chi connectivity index (χ1v) is 15.3. The van der Waals surface area contributed by atoms with E-state index in [9.17, 15) is 14.0 Å². The summed E-state index contributed by atoms with van der Waals surface area (Å²) in [7, 11) is 1.65. The zero-order chi connectivity index (χ0) is 30.6. The van der Waals surface area contributed by atoms with Gasteiger partial charge in [0, 0.05) is 35.6 Å². The highest BCUT2D eigenvalue weighted by molar-refractivity contribution is 5.88. The number of rotatable bonds is 10. The lowest BCUT2D eigenvalue weighted by Gasteiger charge is -2.35. The molecule has 1 aliphatic carbocycles. The molecule has 226 valence electrons. The van der Waals surface area contributed by atoms with Crippen molar-refractivity contribution in [3.05, 3.63) is 113 Å². The molecule has 0 saturated carbocycles. The number of esters is 1. The first-order valence-electron chi connectivity index (χ1n) is 15.3. The summed E-state index contributed by atoms with van der Waals surface area (Å²) >= 11 is 0. The standard InChI is InChI=1S/C37H37FN2O4/c1-3-44-37(42)24-40-33-18-16-28(38)21-31(33)32-22-29(17-19-34(32)40)39(23-27-12-8-11-25-9-4-6-13-30(25)27)36(41)20-15-26-10-5-7-14-35(26)43-2/h4-14,16,18,21,29H,3,15,17,19-20,22-24H2,1-2H3/t29-/m0/s1. The number of carbonyl (C=O) groups is 2. The molecular weight excluding hydrogens is 555 g/mol. The van der Waals surface area contributed by atoms with Crippen LogP contribution in [0.25, 0.3) is 21.7 Å². The maximum absolute atomic E-state index is 14.6. The summed E-state index contributed by atoms with van der Waals surface area (Å²) in [6.07, 6.45) is 2.89. The largest absolute Gasteiger partial charge is 0.496 e. The summed E-state index contributed by atoms with van der Waals surface area (Å²) in [5.41, 5.74) is 4.92. The number of hydrogen-bond donors (Lipinski definition) is 0. The van der Waals surface area contributed by atoms with E-state index < -0.39 is 0 Å². The molecule has 1 atom stereocenters. The van der Waals surface area contributed by atoms with E-state index >= 15 is 0 Å². The fraction of sp³-hybridized carbons (Fsp3) is 0.297. The van der Waals surface area contributed by atoms with Gasteiger partial charge in [0.05, 0.1) is 13.7 Å². The number of hydrogen-bond acceptors (Lipinski definition) is 4.